The van der Waals surface area contributed by atoms with Crippen molar-refractivity contribution in [2.75, 3.05) is 18.9 Å². The topological polar surface area (TPSA) is 45.2 Å². The molecule has 0 atom stereocenters. The number of hydrogen-bond acceptors (Lipinski definition) is 3. The number of pyridine rings is 1. The minimum atomic E-state index is 0.0856. The highest BCUT2D eigenvalue weighted by atomic mass is 16.2. The maximum absolute atomic E-state index is 12.3. The maximum Gasteiger partial charge on any atom is 0.257 e. The molecule has 16 heavy (non-hydrogen) atoms. The molecule has 4 heteroatoms. The van der Waals surface area contributed by atoms with E-state index in [1.54, 1.807) is 19.3 Å². The first-order chi connectivity index (χ1) is 7.77. The molecule has 1 N–H and O–H groups in total. The normalized spacial score (nSPS) is 14.6. The maximum atomic E-state index is 12.3. The fourth-order valence-corrected chi connectivity index (χ4v) is 1.89. The molecular weight excluding hydrogens is 202 g/mol. The van der Waals surface area contributed by atoms with Gasteiger partial charge in [-0.25, -0.2) is 4.98 Å². The molecule has 0 radical (unpaired) electrons. The third-order valence-corrected chi connectivity index (χ3v) is 2.86. The molecule has 1 heterocycles. The van der Waals surface area contributed by atoms with E-state index < -0.39 is 0 Å². The van der Waals surface area contributed by atoms with Crippen LogP contribution < -0.4 is 5.32 Å². The van der Waals surface area contributed by atoms with E-state index in [9.17, 15) is 4.79 Å². The lowest BCUT2D eigenvalue weighted by Crippen LogP contribution is -2.33. The van der Waals surface area contributed by atoms with Crippen LogP contribution in [0.4, 0.5) is 5.82 Å². The highest BCUT2D eigenvalue weighted by Gasteiger charge is 2.32. The quantitative estimate of drug-likeness (QED) is 0.839. The molecule has 0 aromatic carbocycles. The number of nitrogens with one attached hydrogen (secondary N) is 1. The lowest BCUT2D eigenvalue weighted by atomic mass is 10.2. The molecule has 1 aliphatic rings. The summed E-state index contributed by atoms with van der Waals surface area (Å²) in [5.41, 5.74) is 0.666. The van der Waals surface area contributed by atoms with Gasteiger partial charge in [-0.15, -0.1) is 0 Å². The van der Waals surface area contributed by atoms with Crippen LogP contribution in [-0.2, 0) is 0 Å². The molecule has 86 valence electrons. The predicted molar refractivity (Wildman–Crippen MR) is 63.5 cm³/mol. The molecular formula is C12H17N3O. The third kappa shape index (κ3) is 2.01. The Morgan fingerprint density at radius 1 is 1.62 bits per heavy atom. The van der Waals surface area contributed by atoms with Crippen LogP contribution in [-0.4, -0.2) is 35.4 Å². The van der Waals surface area contributed by atoms with Gasteiger partial charge in [0.05, 0.1) is 5.56 Å². The van der Waals surface area contributed by atoms with Crippen LogP contribution in [0.2, 0.25) is 0 Å². The van der Waals surface area contributed by atoms with Crippen molar-refractivity contribution in [3.63, 3.8) is 0 Å². The van der Waals surface area contributed by atoms with E-state index in [1.807, 2.05) is 17.9 Å². The molecule has 0 spiro atoms. The summed E-state index contributed by atoms with van der Waals surface area (Å²) >= 11 is 0. The standard InChI is InChI=1S/C12H17N3O/c1-3-15(9-6-7-9)12(16)10-5-4-8-14-11(10)13-2/h4-5,8-9H,3,6-7H2,1-2H3,(H,13,14). The summed E-state index contributed by atoms with van der Waals surface area (Å²) in [6.07, 6.45) is 3.96. The second-order valence-electron chi connectivity index (χ2n) is 3.97. The molecule has 1 aromatic heterocycles. The number of aromatic nitrogens is 1. The summed E-state index contributed by atoms with van der Waals surface area (Å²) in [5, 5.41) is 2.96. The number of hydrogen-bond donors (Lipinski definition) is 1. The SMILES string of the molecule is CCN(C(=O)c1cccnc1NC)C1CC1. The second-order valence-corrected chi connectivity index (χ2v) is 3.97. The molecule has 1 fully saturated rings. The number of amides is 1. The minimum absolute atomic E-state index is 0.0856. The first-order valence-electron chi connectivity index (χ1n) is 5.71. The Bertz CT molecular complexity index is 388. The molecule has 1 aromatic rings. The highest BCUT2D eigenvalue weighted by Crippen LogP contribution is 2.28. The van der Waals surface area contributed by atoms with Crippen LogP contribution in [0.3, 0.4) is 0 Å². The summed E-state index contributed by atoms with van der Waals surface area (Å²) in [5.74, 6) is 0.744. The second kappa shape index (κ2) is 4.51. The summed E-state index contributed by atoms with van der Waals surface area (Å²) in [6.45, 7) is 2.78. The Balaban J connectivity index is 2.24. The van der Waals surface area contributed by atoms with Gasteiger partial charge in [-0.3, -0.25) is 4.79 Å². The molecule has 1 amide bonds. The van der Waals surface area contributed by atoms with Crippen LogP contribution in [0.5, 0.6) is 0 Å². The van der Waals surface area contributed by atoms with Gasteiger partial charge in [-0.05, 0) is 31.9 Å². The van der Waals surface area contributed by atoms with Crippen molar-refractivity contribution in [1.82, 2.24) is 9.88 Å². The molecule has 0 aliphatic heterocycles. The van der Waals surface area contributed by atoms with Crippen molar-refractivity contribution in [1.29, 1.82) is 0 Å². The summed E-state index contributed by atoms with van der Waals surface area (Å²) in [6, 6.07) is 4.07. The summed E-state index contributed by atoms with van der Waals surface area (Å²) in [4.78, 5) is 18.4. The van der Waals surface area contributed by atoms with Gasteiger partial charge in [0, 0.05) is 25.8 Å². The Morgan fingerprint density at radius 2 is 2.38 bits per heavy atom. The average Bonchev–Trinajstić information content (AvgIpc) is 3.14. The summed E-state index contributed by atoms with van der Waals surface area (Å²) in [7, 11) is 1.78. The average molecular weight is 219 g/mol. The van der Waals surface area contributed by atoms with E-state index in [1.165, 1.54) is 0 Å². The third-order valence-electron chi connectivity index (χ3n) is 2.86. The minimum Gasteiger partial charge on any atom is -0.372 e. The van der Waals surface area contributed by atoms with Gasteiger partial charge in [0.25, 0.3) is 5.91 Å². The number of rotatable bonds is 4. The lowest BCUT2D eigenvalue weighted by molar-refractivity contribution is 0.0753. The largest absolute Gasteiger partial charge is 0.372 e. The molecule has 0 saturated heterocycles. The van der Waals surface area contributed by atoms with Crippen LogP contribution in [0.25, 0.3) is 0 Å². The Morgan fingerprint density at radius 3 is 2.94 bits per heavy atom. The van der Waals surface area contributed by atoms with E-state index >= 15 is 0 Å². The predicted octanol–water partition coefficient (Wildman–Crippen LogP) is 1.75. The Hall–Kier alpha value is -1.58. The van der Waals surface area contributed by atoms with Crippen molar-refractivity contribution in [3.05, 3.63) is 23.9 Å². The molecule has 0 unspecified atom stereocenters. The zero-order valence-corrected chi connectivity index (χ0v) is 9.73. The van der Waals surface area contributed by atoms with Crippen molar-refractivity contribution in [3.8, 4) is 0 Å². The molecule has 2 rings (SSSR count). The van der Waals surface area contributed by atoms with Crippen LogP contribution in [0.15, 0.2) is 18.3 Å². The fraction of sp³-hybridized carbons (Fsp3) is 0.500. The lowest BCUT2D eigenvalue weighted by Gasteiger charge is -2.21. The smallest absolute Gasteiger partial charge is 0.257 e. The Kier molecular flexibility index (Phi) is 3.08. The van der Waals surface area contributed by atoms with E-state index in [-0.39, 0.29) is 5.91 Å². The number of carbonyl (C=O) groups excluding carboxylic acids is 1. The first-order valence-corrected chi connectivity index (χ1v) is 5.71. The molecule has 4 nitrogen and oxygen atoms in total. The zero-order valence-electron chi connectivity index (χ0n) is 9.73. The van der Waals surface area contributed by atoms with Crippen molar-refractivity contribution in [2.45, 2.75) is 25.8 Å². The van der Waals surface area contributed by atoms with Crippen molar-refractivity contribution >= 4 is 11.7 Å². The van der Waals surface area contributed by atoms with Gasteiger partial charge in [0.1, 0.15) is 5.82 Å². The molecule has 1 aliphatic carbocycles. The monoisotopic (exact) mass is 219 g/mol. The van der Waals surface area contributed by atoms with Gasteiger partial charge in [0.2, 0.25) is 0 Å². The van der Waals surface area contributed by atoms with E-state index in [4.69, 9.17) is 0 Å². The van der Waals surface area contributed by atoms with Gasteiger partial charge in [-0.2, -0.15) is 0 Å². The van der Waals surface area contributed by atoms with Gasteiger partial charge in [-0.1, -0.05) is 0 Å². The zero-order chi connectivity index (χ0) is 11.5. The van der Waals surface area contributed by atoms with Crippen molar-refractivity contribution in [2.24, 2.45) is 0 Å². The fourth-order valence-electron chi connectivity index (χ4n) is 1.89. The van der Waals surface area contributed by atoms with Crippen LogP contribution >= 0.6 is 0 Å². The van der Waals surface area contributed by atoms with E-state index in [2.05, 4.69) is 10.3 Å². The van der Waals surface area contributed by atoms with Crippen LogP contribution in [0.1, 0.15) is 30.1 Å². The van der Waals surface area contributed by atoms with Gasteiger partial charge < -0.3 is 10.2 Å². The highest BCUT2D eigenvalue weighted by molar-refractivity contribution is 5.99. The molecule has 1 saturated carbocycles. The first kappa shape index (κ1) is 10.9. The Labute approximate surface area is 95.7 Å². The van der Waals surface area contributed by atoms with E-state index in [0.29, 0.717) is 17.4 Å². The number of anilines is 1. The summed E-state index contributed by atoms with van der Waals surface area (Å²) < 4.78 is 0. The van der Waals surface area contributed by atoms with Crippen LogP contribution in [0, 0.1) is 0 Å². The van der Waals surface area contributed by atoms with Gasteiger partial charge in [0.15, 0.2) is 0 Å². The van der Waals surface area contributed by atoms with Crippen molar-refractivity contribution < 1.29 is 4.79 Å². The number of carbonyl (C=O) groups is 1. The van der Waals surface area contributed by atoms with Gasteiger partial charge >= 0.3 is 0 Å². The van der Waals surface area contributed by atoms with E-state index in [0.717, 1.165) is 19.4 Å². The number of nitrogens with zero attached hydrogens (tertiary/aromatic N) is 2. The molecule has 0 bridgehead atoms.